The highest BCUT2D eigenvalue weighted by Crippen LogP contribution is 2.18. The van der Waals surface area contributed by atoms with Crippen LogP contribution in [0, 0.1) is 23.7 Å². The van der Waals surface area contributed by atoms with Crippen LogP contribution in [0.3, 0.4) is 0 Å². The number of cyclic esters (lactones) is 1. The van der Waals surface area contributed by atoms with Crippen LogP contribution in [0.15, 0.2) is 59.6 Å². The molecule has 0 radical (unpaired) electrons. The van der Waals surface area contributed by atoms with Crippen molar-refractivity contribution in [3.8, 4) is 0 Å². The van der Waals surface area contributed by atoms with Crippen LogP contribution in [0.4, 0.5) is 5.69 Å². The highest BCUT2D eigenvalue weighted by molar-refractivity contribution is 5.98. The molecule has 1 aliphatic rings. The molecule has 1 fully saturated rings. The van der Waals surface area contributed by atoms with E-state index in [1.54, 1.807) is 79.8 Å². The van der Waals surface area contributed by atoms with Gasteiger partial charge in [0.25, 0.3) is 0 Å². The van der Waals surface area contributed by atoms with E-state index >= 15 is 0 Å². The predicted molar refractivity (Wildman–Crippen MR) is 316 cm³/mol. The predicted octanol–water partition coefficient (Wildman–Crippen LogP) is -1.78. The zero-order valence-corrected chi connectivity index (χ0v) is 50.6. The molecule has 0 unspecified atom stereocenters. The minimum Gasteiger partial charge on any atom is -0.458 e. The van der Waals surface area contributed by atoms with Crippen molar-refractivity contribution in [2.75, 3.05) is 26.7 Å². The third kappa shape index (κ3) is 22.4. The van der Waals surface area contributed by atoms with Gasteiger partial charge in [0.1, 0.15) is 54.4 Å². The van der Waals surface area contributed by atoms with Gasteiger partial charge in [-0.1, -0.05) is 124 Å². The molecule has 16 N–H and O–H groups in total. The number of nitrogens with two attached hydrogens (primary N) is 2. The van der Waals surface area contributed by atoms with Crippen LogP contribution in [0.25, 0.3) is 0 Å². The van der Waals surface area contributed by atoms with Gasteiger partial charge < -0.3 is 79.8 Å². The van der Waals surface area contributed by atoms with Gasteiger partial charge in [-0.05, 0) is 74.2 Å². The lowest BCUT2D eigenvalue weighted by Crippen LogP contribution is -2.61. The number of nitrogens with one attached hydrogen (secondary N) is 11. The van der Waals surface area contributed by atoms with E-state index in [2.05, 4.69) is 63.5 Å². The molecule has 0 saturated carbocycles. The van der Waals surface area contributed by atoms with Gasteiger partial charge in [-0.3, -0.25) is 47.9 Å². The van der Waals surface area contributed by atoms with Crippen molar-refractivity contribution in [2.45, 2.75) is 168 Å². The topological polar surface area (TPSA) is 414 Å². The zero-order valence-electron chi connectivity index (χ0n) is 50.6. The molecular weight excluding hydrogens is 1100 g/mol. The third-order valence-electron chi connectivity index (χ3n) is 15.2. The Kier molecular flexibility index (Phi) is 29.4. The van der Waals surface area contributed by atoms with Crippen molar-refractivity contribution in [1.82, 2.24) is 58.5 Å². The molecule has 0 bridgehead atoms. The first-order chi connectivity index (χ1) is 40.2. The van der Waals surface area contributed by atoms with E-state index < -0.39 is 169 Å². The molecule has 1 heterocycles. The van der Waals surface area contributed by atoms with Crippen molar-refractivity contribution >= 4 is 76.7 Å². The van der Waals surface area contributed by atoms with Gasteiger partial charge in [0, 0.05) is 6.42 Å². The van der Waals surface area contributed by atoms with Gasteiger partial charge >= 0.3 is 5.97 Å². The van der Waals surface area contributed by atoms with E-state index in [0.29, 0.717) is 43.4 Å². The SMILES string of the molecule is CC[C@H](C)[C@H](NC(=O)[C@@H](Cc1ccccc1)NC)C(=O)N[C@@H](CO)C(=O)N[C@H](C)C(=O)N[C@@H](C(=O)N[C@H](C(=O)NCC(=O)N[C@H]1C(=O)NCC(=O)N[C@@H](Cc2ccc(N=C(N)N)cc2)C(=O)N[C@@H]([C@@H](C)CC)C(=O)O[C@H]1C)[C@@H](C)CC)[C@@H](C)CC. The van der Waals surface area contributed by atoms with Gasteiger partial charge in [0.2, 0.25) is 59.1 Å². The van der Waals surface area contributed by atoms with Crippen molar-refractivity contribution in [3.63, 3.8) is 0 Å². The Morgan fingerprint density at radius 2 is 1.20 bits per heavy atom. The maximum Gasteiger partial charge on any atom is 0.329 e. The van der Waals surface area contributed by atoms with Crippen LogP contribution in [-0.2, 0) is 70.3 Å². The minimum absolute atomic E-state index is 0.0363. The Morgan fingerprint density at radius 1 is 0.659 bits per heavy atom. The van der Waals surface area contributed by atoms with Crippen molar-refractivity contribution < 1.29 is 62.6 Å². The second kappa shape index (κ2) is 35.2. The Labute approximate surface area is 497 Å². The summed E-state index contributed by atoms with van der Waals surface area (Å²) in [5.41, 5.74) is 12.9. The summed E-state index contributed by atoms with van der Waals surface area (Å²) in [4.78, 5) is 155. The highest BCUT2D eigenvalue weighted by Gasteiger charge is 2.39. The number of guanidine groups is 1. The number of aliphatic hydroxyl groups excluding tert-OH is 1. The molecule has 14 atom stereocenters. The molecule has 27 nitrogen and oxygen atoms in total. The summed E-state index contributed by atoms with van der Waals surface area (Å²) in [6, 6.07) is 4.50. The molecule has 2 aromatic rings. The first kappa shape index (κ1) is 71.1. The van der Waals surface area contributed by atoms with Gasteiger partial charge in [0.05, 0.1) is 31.4 Å². The Morgan fingerprint density at radius 3 is 1.74 bits per heavy atom. The first-order valence-electron chi connectivity index (χ1n) is 28.9. The normalized spacial score (nSPS) is 20.1. The molecular formula is C58H90N14O13. The van der Waals surface area contributed by atoms with E-state index in [4.69, 9.17) is 16.2 Å². The number of nitrogens with zero attached hydrogens (tertiary/aromatic N) is 1. The molecule has 0 spiro atoms. The van der Waals surface area contributed by atoms with E-state index in [9.17, 15) is 57.8 Å². The number of amides is 10. The van der Waals surface area contributed by atoms with Crippen molar-refractivity contribution in [2.24, 2.45) is 40.1 Å². The van der Waals surface area contributed by atoms with Crippen molar-refractivity contribution in [1.29, 1.82) is 0 Å². The summed E-state index contributed by atoms with van der Waals surface area (Å²) in [6.45, 7) is 14.3. The number of esters is 1. The Balaban J connectivity index is 1.71. The number of carbonyl (C=O) groups excluding carboxylic acids is 11. The molecule has 10 amide bonds. The summed E-state index contributed by atoms with van der Waals surface area (Å²) >= 11 is 0. The largest absolute Gasteiger partial charge is 0.458 e. The van der Waals surface area contributed by atoms with Crippen LogP contribution in [0.1, 0.15) is 106 Å². The summed E-state index contributed by atoms with van der Waals surface area (Å²) in [5, 5.41) is 38.9. The standard InChI is InChI=1S/C58H90N14O13/c1-12-30(5)44(71-56(83)46(32(7)14-3)69-49(76)34(9)64-52(79)41(29-73)67-55(82)45(31(6)13-2)70-50(77)39(61-11)25-36-19-17-16-18-20-36)53(80)62-28-43(75)68-48-35(10)85-57(84)47(33(8)15-4)72-51(78)40(66-42(74)27-63-54(48)81)26-37-21-23-38(24-22-37)65-58(59)60/h16-24,30-35,39-41,44-48,61,73H,12-15,25-29H2,1-11H3,(H,62,80)(H,63,81)(H,64,79)(H,66,74)(H,67,82)(H,68,75)(H,69,76)(H,70,77)(H,71,83)(H,72,78)(H4,59,60,65)/t30-,31-,32-,33-,34+,35-,39+,40-,41-,44-,45-,46+,47-,48+/m0/s1. The fourth-order valence-corrected chi connectivity index (χ4v) is 8.86. The number of hydrogen-bond donors (Lipinski definition) is 14. The fraction of sp³-hybridized carbons (Fsp3) is 0.586. The molecule has 2 aromatic carbocycles. The van der Waals surface area contributed by atoms with Crippen LogP contribution in [-0.4, -0.2) is 163 Å². The number of benzene rings is 2. The van der Waals surface area contributed by atoms with E-state index in [0.717, 1.165) is 5.56 Å². The number of aliphatic hydroxyl groups is 1. The lowest BCUT2D eigenvalue weighted by Gasteiger charge is -2.30. The van der Waals surface area contributed by atoms with Crippen LogP contribution >= 0.6 is 0 Å². The molecule has 85 heavy (non-hydrogen) atoms. The summed E-state index contributed by atoms with van der Waals surface area (Å²) in [6.07, 6.45) is 0.513. The Hall–Kier alpha value is -8.20. The maximum absolute atomic E-state index is 14.1. The second-order valence-corrected chi connectivity index (χ2v) is 21.6. The molecule has 470 valence electrons. The lowest BCUT2D eigenvalue weighted by molar-refractivity contribution is -0.157. The monoisotopic (exact) mass is 1190 g/mol. The van der Waals surface area contributed by atoms with Gasteiger partial charge in [0.15, 0.2) is 5.96 Å². The molecule has 0 aromatic heterocycles. The average molecular weight is 1190 g/mol. The number of likely N-dealkylation sites (N-methyl/N-ethyl adjacent to an activating group) is 1. The number of carbonyl (C=O) groups is 11. The molecule has 3 rings (SSSR count). The summed E-state index contributed by atoms with van der Waals surface area (Å²) < 4.78 is 5.71. The summed E-state index contributed by atoms with van der Waals surface area (Å²) in [5.74, 6) is -10.9. The number of ether oxygens (including phenoxy) is 1. The lowest BCUT2D eigenvalue weighted by atomic mass is 9.94. The Bertz CT molecular complexity index is 2640. The van der Waals surface area contributed by atoms with Crippen LogP contribution < -0.4 is 70.0 Å². The third-order valence-corrected chi connectivity index (χ3v) is 15.2. The zero-order chi connectivity index (χ0) is 63.7. The van der Waals surface area contributed by atoms with Gasteiger partial charge in [-0.15, -0.1) is 0 Å². The first-order valence-corrected chi connectivity index (χ1v) is 28.9. The van der Waals surface area contributed by atoms with Gasteiger partial charge in [-0.2, -0.15) is 0 Å². The van der Waals surface area contributed by atoms with Crippen LogP contribution in [0.2, 0.25) is 0 Å². The molecule has 1 saturated heterocycles. The quantitative estimate of drug-likeness (QED) is 0.0243. The van der Waals surface area contributed by atoms with Gasteiger partial charge in [-0.25, -0.2) is 9.79 Å². The average Bonchev–Trinajstić information content (AvgIpc) is 3.73. The number of rotatable bonds is 29. The van der Waals surface area contributed by atoms with E-state index in [1.807, 2.05) is 37.3 Å². The second-order valence-electron chi connectivity index (χ2n) is 21.6. The number of hydrogen-bond acceptors (Lipinski definition) is 15. The van der Waals surface area contributed by atoms with E-state index in [1.165, 1.54) is 13.8 Å². The van der Waals surface area contributed by atoms with Crippen LogP contribution in [0.5, 0.6) is 0 Å². The maximum atomic E-state index is 14.1. The minimum atomic E-state index is -1.62. The molecule has 27 heteroatoms. The molecule has 1 aliphatic heterocycles. The summed E-state index contributed by atoms with van der Waals surface area (Å²) in [7, 11) is 1.62. The smallest absolute Gasteiger partial charge is 0.329 e. The highest BCUT2D eigenvalue weighted by atomic mass is 16.5. The fourth-order valence-electron chi connectivity index (χ4n) is 8.86. The molecule has 0 aliphatic carbocycles. The van der Waals surface area contributed by atoms with Crippen molar-refractivity contribution in [3.05, 3.63) is 65.7 Å². The number of aliphatic imine (C=N–C) groups is 1. The van der Waals surface area contributed by atoms with E-state index in [-0.39, 0.29) is 12.4 Å².